The van der Waals surface area contributed by atoms with Gasteiger partial charge in [-0.2, -0.15) is 0 Å². The van der Waals surface area contributed by atoms with E-state index in [1.54, 1.807) is 0 Å². The van der Waals surface area contributed by atoms with E-state index in [9.17, 15) is 0 Å². The van der Waals surface area contributed by atoms with E-state index < -0.39 is 0 Å². The average Bonchev–Trinajstić information content (AvgIpc) is 2.35. The van der Waals surface area contributed by atoms with Crippen molar-refractivity contribution in [3.05, 3.63) is 0 Å². The summed E-state index contributed by atoms with van der Waals surface area (Å²) in [5, 5.41) is 0. The van der Waals surface area contributed by atoms with Gasteiger partial charge in [-0.1, -0.05) is 72.6 Å². The maximum Gasteiger partial charge on any atom is -0.0274 e. The summed E-state index contributed by atoms with van der Waals surface area (Å²) >= 11 is 0. The first-order chi connectivity index (χ1) is 8.11. The molecule has 0 heterocycles. The predicted octanol–water partition coefficient (Wildman–Crippen LogP) is 6.20. The zero-order valence-corrected chi connectivity index (χ0v) is 12.7. The van der Waals surface area contributed by atoms with E-state index in [1.807, 2.05) is 0 Å². The summed E-state index contributed by atoms with van der Waals surface area (Å²) in [6, 6.07) is 0. The van der Waals surface area contributed by atoms with Crippen LogP contribution >= 0.6 is 0 Å². The molecule has 0 aromatic rings. The molecule has 1 rings (SSSR count). The molecule has 0 unspecified atom stereocenters. The molecule has 0 N–H and O–H groups in total. The molecular weight excluding hydrogens is 204 g/mol. The Balaban J connectivity index is 2.48. The van der Waals surface area contributed by atoms with Crippen LogP contribution in [0.5, 0.6) is 0 Å². The van der Waals surface area contributed by atoms with Crippen molar-refractivity contribution in [3.8, 4) is 0 Å². The topological polar surface area (TPSA) is 0 Å². The van der Waals surface area contributed by atoms with Crippen molar-refractivity contribution in [2.24, 2.45) is 17.3 Å². The van der Waals surface area contributed by atoms with Gasteiger partial charge in [0.2, 0.25) is 0 Å². The normalized spacial score (nSPS) is 21.7. The first kappa shape index (κ1) is 15.1. The van der Waals surface area contributed by atoms with Crippen LogP contribution in [0.2, 0.25) is 0 Å². The van der Waals surface area contributed by atoms with Gasteiger partial charge in [0.1, 0.15) is 0 Å². The van der Waals surface area contributed by atoms with Crippen LogP contribution in [0.25, 0.3) is 0 Å². The van der Waals surface area contributed by atoms with E-state index in [1.165, 1.54) is 64.2 Å². The second-order valence-electron chi connectivity index (χ2n) is 6.81. The van der Waals surface area contributed by atoms with Crippen LogP contribution in [-0.4, -0.2) is 0 Å². The van der Waals surface area contributed by atoms with Gasteiger partial charge in [-0.3, -0.25) is 0 Å². The fraction of sp³-hybridized carbons (Fsp3) is 1.00. The number of hydrogen-bond acceptors (Lipinski definition) is 0. The Kier molecular flexibility index (Phi) is 6.59. The minimum absolute atomic E-state index is 0.619. The van der Waals surface area contributed by atoms with Gasteiger partial charge in [-0.05, 0) is 36.5 Å². The molecule has 102 valence electrons. The minimum atomic E-state index is 0.619. The van der Waals surface area contributed by atoms with Gasteiger partial charge in [0.05, 0.1) is 0 Å². The second-order valence-corrected chi connectivity index (χ2v) is 6.81. The molecule has 0 bridgehead atoms. The van der Waals surface area contributed by atoms with Crippen molar-refractivity contribution in [1.82, 2.24) is 0 Å². The zero-order chi connectivity index (χ0) is 12.7. The lowest BCUT2D eigenvalue weighted by Gasteiger charge is -2.43. The van der Waals surface area contributed by atoms with E-state index in [0.29, 0.717) is 5.41 Å². The van der Waals surface area contributed by atoms with E-state index in [-0.39, 0.29) is 0 Å². The molecule has 1 saturated carbocycles. The molecule has 1 aliphatic carbocycles. The Bertz CT molecular complexity index is 188. The summed E-state index contributed by atoms with van der Waals surface area (Å²) in [5.74, 6) is 1.87. The molecule has 0 spiro atoms. The molecule has 1 fully saturated rings. The highest BCUT2D eigenvalue weighted by Crippen LogP contribution is 2.46. The van der Waals surface area contributed by atoms with Gasteiger partial charge in [-0.25, -0.2) is 0 Å². The zero-order valence-electron chi connectivity index (χ0n) is 12.7. The molecule has 0 aliphatic heterocycles. The maximum absolute atomic E-state index is 2.58. The number of hydrogen-bond donors (Lipinski definition) is 0. The molecule has 0 heteroatoms. The van der Waals surface area contributed by atoms with Crippen molar-refractivity contribution >= 4 is 0 Å². The van der Waals surface area contributed by atoms with Gasteiger partial charge in [-0.15, -0.1) is 0 Å². The van der Waals surface area contributed by atoms with E-state index >= 15 is 0 Å². The molecular formula is C17H34. The molecule has 17 heavy (non-hydrogen) atoms. The summed E-state index contributed by atoms with van der Waals surface area (Å²) in [6.45, 7) is 9.80. The van der Waals surface area contributed by atoms with Crippen LogP contribution in [-0.2, 0) is 0 Å². The summed E-state index contributed by atoms with van der Waals surface area (Å²) < 4.78 is 0. The lowest BCUT2D eigenvalue weighted by molar-refractivity contribution is 0.0670. The van der Waals surface area contributed by atoms with E-state index in [0.717, 1.165) is 11.8 Å². The molecule has 0 radical (unpaired) electrons. The summed E-state index contributed by atoms with van der Waals surface area (Å²) in [7, 11) is 0. The molecule has 0 saturated heterocycles. The van der Waals surface area contributed by atoms with Gasteiger partial charge in [0.15, 0.2) is 0 Å². The molecule has 1 atom stereocenters. The quantitative estimate of drug-likeness (QED) is 0.463. The standard InChI is InChI=1S/C17H34/c1-5-6-7-11-14-17(4,15(2)3)16-12-9-8-10-13-16/h15-16H,5-14H2,1-4H3/t17-/m1/s1. The van der Waals surface area contributed by atoms with Gasteiger partial charge < -0.3 is 0 Å². The second kappa shape index (κ2) is 7.44. The van der Waals surface area contributed by atoms with Crippen LogP contribution in [0.15, 0.2) is 0 Å². The predicted molar refractivity (Wildman–Crippen MR) is 78.3 cm³/mol. The van der Waals surface area contributed by atoms with Crippen molar-refractivity contribution in [2.75, 3.05) is 0 Å². The fourth-order valence-electron chi connectivity index (χ4n) is 3.66. The highest BCUT2D eigenvalue weighted by Gasteiger charge is 2.36. The third-order valence-electron chi connectivity index (χ3n) is 5.43. The van der Waals surface area contributed by atoms with Crippen LogP contribution in [0.3, 0.4) is 0 Å². The SMILES string of the molecule is CCCCCC[C@](C)(C(C)C)C1CCCCC1. The van der Waals surface area contributed by atoms with Crippen LogP contribution in [0, 0.1) is 17.3 Å². The Hall–Kier alpha value is 0. The molecule has 0 amide bonds. The summed E-state index contributed by atoms with van der Waals surface area (Å²) in [4.78, 5) is 0. The summed E-state index contributed by atoms with van der Waals surface area (Å²) in [6.07, 6.45) is 14.6. The summed E-state index contributed by atoms with van der Waals surface area (Å²) in [5.41, 5.74) is 0.619. The molecule has 0 nitrogen and oxygen atoms in total. The Morgan fingerprint density at radius 1 is 1.00 bits per heavy atom. The molecule has 0 aromatic heterocycles. The van der Waals surface area contributed by atoms with Crippen LogP contribution < -0.4 is 0 Å². The van der Waals surface area contributed by atoms with Crippen LogP contribution in [0.4, 0.5) is 0 Å². The first-order valence-electron chi connectivity index (χ1n) is 8.11. The van der Waals surface area contributed by atoms with Gasteiger partial charge in [0, 0.05) is 0 Å². The third-order valence-corrected chi connectivity index (χ3v) is 5.43. The van der Waals surface area contributed by atoms with Gasteiger partial charge >= 0.3 is 0 Å². The lowest BCUT2D eigenvalue weighted by Crippen LogP contribution is -2.34. The average molecular weight is 238 g/mol. The number of rotatable bonds is 7. The van der Waals surface area contributed by atoms with E-state index in [4.69, 9.17) is 0 Å². The smallest absolute Gasteiger partial charge is 0.0274 e. The van der Waals surface area contributed by atoms with Gasteiger partial charge in [0.25, 0.3) is 0 Å². The first-order valence-corrected chi connectivity index (χ1v) is 8.11. The largest absolute Gasteiger partial charge is 0.0654 e. The Morgan fingerprint density at radius 3 is 2.18 bits per heavy atom. The Labute approximate surface area is 110 Å². The fourth-order valence-corrected chi connectivity index (χ4v) is 3.66. The maximum atomic E-state index is 2.58. The van der Waals surface area contributed by atoms with Crippen molar-refractivity contribution in [3.63, 3.8) is 0 Å². The van der Waals surface area contributed by atoms with Crippen molar-refractivity contribution < 1.29 is 0 Å². The molecule has 1 aliphatic rings. The minimum Gasteiger partial charge on any atom is -0.0654 e. The van der Waals surface area contributed by atoms with Crippen LogP contribution in [0.1, 0.15) is 91.9 Å². The van der Waals surface area contributed by atoms with E-state index in [2.05, 4.69) is 27.7 Å². The third kappa shape index (κ3) is 4.30. The van der Waals surface area contributed by atoms with Crippen molar-refractivity contribution in [1.29, 1.82) is 0 Å². The van der Waals surface area contributed by atoms with Crippen molar-refractivity contribution in [2.45, 2.75) is 91.9 Å². The number of unbranched alkanes of at least 4 members (excludes halogenated alkanes) is 3. The monoisotopic (exact) mass is 238 g/mol. The lowest BCUT2D eigenvalue weighted by atomic mass is 9.62. The Morgan fingerprint density at radius 2 is 1.65 bits per heavy atom. The molecule has 0 aromatic carbocycles. The highest BCUT2D eigenvalue weighted by molar-refractivity contribution is 4.86. The highest BCUT2D eigenvalue weighted by atomic mass is 14.4.